The van der Waals surface area contributed by atoms with Crippen molar-refractivity contribution in [2.75, 3.05) is 6.54 Å². The minimum absolute atomic E-state index is 0.278. The first-order valence-electron chi connectivity index (χ1n) is 4.22. The van der Waals surface area contributed by atoms with E-state index in [1.165, 1.54) is 0 Å². The molecule has 1 aromatic rings. The third kappa shape index (κ3) is 1.55. The number of hydrogen-bond donors (Lipinski definition) is 3. The van der Waals surface area contributed by atoms with Crippen molar-refractivity contribution in [3.8, 4) is 0 Å². The van der Waals surface area contributed by atoms with Gasteiger partial charge >= 0.3 is 5.97 Å². The average molecular weight is 181 g/mol. The lowest BCUT2D eigenvalue weighted by molar-refractivity contribution is -0.139. The van der Waals surface area contributed by atoms with Crippen LogP contribution in [0.2, 0.25) is 0 Å². The molecule has 1 fully saturated rings. The number of aromatic amines is 1. The highest BCUT2D eigenvalue weighted by atomic mass is 16.4. The highest BCUT2D eigenvalue weighted by Crippen LogP contribution is 2.24. The van der Waals surface area contributed by atoms with Crippen LogP contribution in [0.3, 0.4) is 0 Å². The predicted octanol–water partition coefficient (Wildman–Crippen LogP) is -0.0602. The molecule has 5 nitrogen and oxygen atoms in total. The summed E-state index contributed by atoms with van der Waals surface area (Å²) in [5.74, 6) is -0.495. The summed E-state index contributed by atoms with van der Waals surface area (Å²) in [6, 6.07) is -0.403. The smallest absolute Gasteiger partial charge is 0.320 e. The van der Waals surface area contributed by atoms with E-state index in [4.69, 9.17) is 5.11 Å². The van der Waals surface area contributed by atoms with Crippen molar-refractivity contribution in [3.63, 3.8) is 0 Å². The van der Waals surface area contributed by atoms with E-state index in [1.54, 1.807) is 6.20 Å². The van der Waals surface area contributed by atoms with Crippen LogP contribution in [0.25, 0.3) is 0 Å². The van der Waals surface area contributed by atoms with Crippen LogP contribution >= 0.6 is 0 Å². The number of hydrogen-bond acceptors (Lipinski definition) is 3. The van der Waals surface area contributed by atoms with Gasteiger partial charge in [-0.15, -0.1) is 0 Å². The molecule has 0 radical (unpaired) electrons. The average Bonchev–Trinajstić information content (AvgIpc) is 2.75. The minimum Gasteiger partial charge on any atom is -0.480 e. The number of nitrogens with zero attached hydrogens (tertiary/aromatic N) is 1. The minimum atomic E-state index is -0.772. The van der Waals surface area contributed by atoms with E-state index >= 15 is 0 Å². The van der Waals surface area contributed by atoms with Crippen molar-refractivity contribution in [2.45, 2.75) is 18.4 Å². The number of carbonyl (C=O) groups is 1. The Bertz CT molecular complexity index is 296. The molecule has 1 unspecified atom stereocenters. The molecule has 0 aliphatic carbocycles. The van der Waals surface area contributed by atoms with Crippen LogP contribution in [0.15, 0.2) is 12.4 Å². The van der Waals surface area contributed by atoms with E-state index in [2.05, 4.69) is 15.5 Å². The molecule has 0 saturated carbocycles. The van der Waals surface area contributed by atoms with Crippen molar-refractivity contribution < 1.29 is 9.90 Å². The van der Waals surface area contributed by atoms with Crippen LogP contribution in [0.4, 0.5) is 0 Å². The van der Waals surface area contributed by atoms with Gasteiger partial charge in [-0.1, -0.05) is 0 Å². The maximum Gasteiger partial charge on any atom is 0.320 e. The summed E-state index contributed by atoms with van der Waals surface area (Å²) < 4.78 is 0. The molecule has 1 aromatic heterocycles. The molecule has 0 spiro atoms. The first-order valence-corrected chi connectivity index (χ1v) is 4.22. The van der Waals surface area contributed by atoms with Crippen LogP contribution < -0.4 is 5.32 Å². The fourth-order valence-corrected chi connectivity index (χ4v) is 1.66. The zero-order valence-electron chi connectivity index (χ0n) is 7.03. The topological polar surface area (TPSA) is 78.0 Å². The molecule has 5 heteroatoms. The Morgan fingerprint density at radius 1 is 1.69 bits per heavy atom. The molecule has 70 valence electrons. The number of aromatic nitrogens is 2. The molecule has 0 amide bonds. The van der Waals surface area contributed by atoms with E-state index in [0.717, 1.165) is 12.1 Å². The summed E-state index contributed by atoms with van der Waals surface area (Å²) in [4.78, 5) is 10.6. The van der Waals surface area contributed by atoms with Gasteiger partial charge in [0.05, 0.1) is 6.20 Å². The lowest BCUT2D eigenvalue weighted by Crippen LogP contribution is -2.29. The molecule has 2 rings (SSSR count). The molecule has 0 aromatic carbocycles. The molecule has 1 aliphatic heterocycles. The second-order valence-corrected chi connectivity index (χ2v) is 3.26. The molecule has 1 saturated heterocycles. The lowest BCUT2D eigenvalue weighted by atomic mass is 10.00. The van der Waals surface area contributed by atoms with E-state index in [-0.39, 0.29) is 5.92 Å². The van der Waals surface area contributed by atoms with Crippen LogP contribution in [-0.4, -0.2) is 33.9 Å². The Balaban J connectivity index is 2.03. The zero-order chi connectivity index (χ0) is 9.26. The first-order chi connectivity index (χ1) is 6.27. The first kappa shape index (κ1) is 8.25. The van der Waals surface area contributed by atoms with Gasteiger partial charge in [0.1, 0.15) is 6.04 Å². The third-order valence-corrected chi connectivity index (χ3v) is 2.42. The van der Waals surface area contributed by atoms with E-state index in [9.17, 15) is 4.79 Å². The van der Waals surface area contributed by atoms with Crippen molar-refractivity contribution in [1.29, 1.82) is 0 Å². The Hall–Kier alpha value is -1.36. The number of carboxylic acid groups (broad SMARTS) is 1. The van der Waals surface area contributed by atoms with Gasteiger partial charge in [-0.3, -0.25) is 9.89 Å². The maximum atomic E-state index is 10.6. The van der Waals surface area contributed by atoms with Gasteiger partial charge in [0, 0.05) is 18.7 Å². The van der Waals surface area contributed by atoms with Gasteiger partial charge in [-0.25, -0.2) is 0 Å². The van der Waals surface area contributed by atoms with Gasteiger partial charge in [0.25, 0.3) is 0 Å². The largest absolute Gasteiger partial charge is 0.480 e. The molecule has 0 bridgehead atoms. The van der Waals surface area contributed by atoms with E-state index < -0.39 is 12.0 Å². The maximum absolute atomic E-state index is 10.6. The van der Waals surface area contributed by atoms with Crippen LogP contribution in [0.5, 0.6) is 0 Å². The third-order valence-electron chi connectivity index (χ3n) is 2.42. The van der Waals surface area contributed by atoms with Crippen LogP contribution in [0, 0.1) is 0 Å². The number of rotatable bonds is 2. The number of aliphatic carboxylic acids is 1. The Labute approximate surface area is 75.2 Å². The van der Waals surface area contributed by atoms with Crippen molar-refractivity contribution in [2.24, 2.45) is 0 Å². The standard InChI is InChI=1S/C8H11N3O2/c12-8(13)7-1-5(2-9-7)6-3-10-11-4-6/h3-5,7,9H,1-2H2,(H,10,11)(H,12,13)/t5?,7-/m1/s1. The van der Waals surface area contributed by atoms with Gasteiger partial charge < -0.3 is 10.4 Å². The van der Waals surface area contributed by atoms with Crippen molar-refractivity contribution in [1.82, 2.24) is 15.5 Å². The zero-order valence-corrected chi connectivity index (χ0v) is 7.03. The number of nitrogens with one attached hydrogen (secondary N) is 2. The summed E-state index contributed by atoms with van der Waals surface area (Å²) in [5.41, 5.74) is 1.08. The molecule has 13 heavy (non-hydrogen) atoms. The summed E-state index contributed by atoms with van der Waals surface area (Å²) in [7, 11) is 0. The summed E-state index contributed by atoms with van der Waals surface area (Å²) in [6.45, 7) is 0.719. The molecule has 2 heterocycles. The number of H-pyrrole nitrogens is 1. The molecular formula is C8H11N3O2. The monoisotopic (exact) mass is 181 g/mol. The number of carboxylic acids is 1. The van der Waals surface area contributed by atoms with Crippen LogP contribution in [-0.2, 0) is 4.79 Å². The van der Waals surface area contributed by atoms with Gasteiger partial charge in [-0.2, -0.15) is 5.10 Å². The second kappa shape index (κ2) is 3.18. The molecule has 3 N–H and O–H groups in total. The van der Waals surface area contributed by atoms with Crippen molar-refractivity contribution >= 4 is 5.97 Å². The molecule has 2 atom stereocenters. The van der Waals surface area contributed by atoms with E-state index in [1.807, 2.05) is 6.20 Å². The SMILES string of the molecule is O=C(O)[C@H]1CC(c2cn[nH]c2)CN1. The second-order valence-electron chi connectivity index (χ2n) is 3.26. The predicted molar refractivity (Wildman–Crippen MR) is 45.4 cm³/mol. The Morgan fingerprint density at radius 2 is 2.54 bits per heavy atom. The lowest BCUT2D eigenvalue weighted by Gasteiger charge is -2.03. The van der Waals surface area contributed by atoms with Gasteiger partial charge in [0.15, 0.2) is 0 Å². The quantitative estimate of drug-likeness (QED) is 0.597. The highest BCUT2D eigenvalue weighted by Gasteiger charge is 2.30. The van der Waals surface area contributed by atoms with Crippen molar-refractivity contribution in [3.05, 3.63) is 18.0 Å². The molecular weight excluding hydrogens is 170 g/mol. The Kier molecular flexibility index (Phi) is 2.02. The summed E-state index contributed by atoms with van der Waals surface area (Å²) in [5, 5.41) is 18.3. The normalized spacial score (nSPS) is 27.7. The molecule has 1 aliphatic rings. The van der Waals surface area contributed by atoms with Crippen LogP contribution in [0.1, 0.15) is 17.9 Å². The van der Waals surface area contributed by atoms with Gasteiger partial charge in [-0.05, 0) is 12.0 Å². The summed E-state index contributed by atoms with van der Waals surface area (Å²) >= 11 is 0. The van der Waals surface area contributed by atoms with E-state index in [0.29, 0.717) is 6.42 Å². The van der Waals surface area contributed by atoms with Gasteiger partial charge in [0.2, 0.25) is 0 Å². The fraction of sp³-hybridized carbons (Fsp3) is 0.500. The fourth-order valence-electron chi connectivity index (χ4n) is 1.66. The summed E-state index contributed by atoms with van der Waals surface area (Å²) in [6.07, 6.45) is 4.21. The highest BCUT2D eigenvalue weighted by molar-refractivity contribution is 5.74. The Morgan fingerprint density at radius 3 is 3.08 bits per heavy atom.